The van der Waals surface area contributed by atoms with Crippen LogP contribution in [0.4, 0.5) is 0 Å². The quantitative estimate of drug-likeness (QED) is 0.605. The SMILES string of the molecule is C#CCN(C(=O)c1ccccc1)N(C(=O)c1cc(C)cc(C)c1)C(C)(C)C. The summed E-state index contributed by atoms with van der Waals surface area (Å²) in [6.07, 6.45) is 5.53. The third-order valence-electron chi connectivity index (χ3n) is 4.03. The summed E-state index contributed by atoms with van der Waals surface area (Å²) in [6.45, 7) is 9.54. The van der Waals surface area contributed by atoms with Gasteiger partial charge in [0.05, 0.1) is 5.54 Å². The first-order valence-corrected chi connectivity index (χ1v) is 8.88. The van der Waals surface area contributed by atoms with Crippen LogP contribution < -0.4 is 0 Å². The Balaban J connectivity index is 2.53. The molecule has 0 radical (unpaired) electrons. The third kappa shape index (κ3) is 4.77. The number of aryl methyl sites for hydroxylation is 2. The average molecular weight is 362 g/mol. The van der Waals surface area contributed by atoms with E-state index in [1.165, 1.54) is 10.0 Å². The number of hydrogen-bond donors (Lipinski definition) is 0. The monoisotopic (exact) mass is 362 g/mol. The highest BCUT2D eigenvalue weighted by molar-refractivity contribution is 5.99. The molecule has 27 heavy (non-hydrogen) atoms. The minimum absolute atomic E-state index is 0.00152. The molecule has 4 nitrogen and oxygen atoms in total. The average Bonchev–Trinajstić information content (AvgIpc) is 2.59. The van der Waals surface area contributed by atoms with E-state index in [4.69, 9.17) is 6.42 Å². The number of carbonyl (C=O) groups excluding carboxylic acids is 2. The lowest BCUT2D eigenvalue weighted by Gasteiger charge is -2.42. The van der Waals surface area contributed by atoms with Crippen molar-refractivity contribution in [3.8, 4) is 12.3 Å². The lowest BCUT2D eigenvalue weighted by atomic mass is 10.0. The molecule has 2 aromatic rings. The molecule has 0 unspecified atom stereocenters. The van der Waals surface area contributed by atoms with E-state index in [9.17, 15) is 9.59 Å². The number of amides is 2. The largest absolute Gasteiger partial charge is 0.273 e. The van der Waals surface area contributed by atoms with E-state index in [1.54, 1.807) is 24.3 Å². The molecule has 0 spiro atoms. The number of hydrazine groups is 1. The van der Waals surface area contributed by atoms with Gasteiger partial charge in [-0.1, -0.05) is 41.3 Å². The summed E-state index contributed by atoms with van der Waals surface area (Å²) in [6, 6.07) is 14.5. The molecule has 140 valence electrons. The Morgan fingerprint density at radius 1 is 0.926 bits per heavy atom. The van der Waals surface area contributed by atoms with Crippen LogP contribution in [0.25, 0.3) is 0 Å². The van der Waals surface area contributed by atoms with Crippen molar-refractivity contribution >= 4 is 11.8 Å². The molecule has 4 heteroatoms. The van der Waals surface area contributed by atoms with Gasteiger partial charge in [-0.15, -0.1) is 6.42 Å². The molecule has 0 bridgehead atoms. The predicted molar refractivity (Wildman–Crippen MR) is 108 cm³/mol. The number of nitrogens with zero attached hydrogens (tertiary/aromatic N) is 2. The lowest BCUT2D eigenvalue weighted by Crippen LogP contribution is -2.58. The Morgan fingerprint density at radius 2 is 1.48 bits per heavy atom. The zero-order chi connectivity index (χ0) is 20.2. The Morgan fingerprint density at radius 3 is 1.96 bits per heavy atom. The van der Waals surface area contributed by atoms with E-state index >= 15 is 0 Å². The molecule has 0 heterocycles. The first-order chi connectivity index (χ1) is 12.6. The minimum Gasteiger partial charge on any atom is -0.267 e. The van der Waals surface area contributed by atoms with Crippen LogP contribution in [0.1, 0.15) is 52.6 Å². The normalized spacial score (nSPS) is 10.8. The number of hydrogen-bond acceptors (Lipinski definition) is 2. The van der Waals surface area contributed by atoms with Gasteiger partial charge in [0.25, 0.3) is 11.8 Å². The number of rotatable bonds is 3. The van der Waals surface area contributed by atoms with Crippen molar-refractivity contribution in [2.24, 2.45) is 0 Å². The van der Waals surface area contributed by atoms with Crippen molar-refractivity contribution < 1.29 is 9.59 Å². The van der Waals surface area contributed by atoms with Crippen molar-refractivity contribution in [2.75, 3.05) is 6.54 Å². The fourth-order valence-corrected chi connectivity index (χ4v) is 3.05. The van der Waals surface area contributed by atoms with Gasteiger partial charge < -0.3 is 0 Å². The van der Waals surface area contributed by atoms with Gasteiger partial charge in [0.2, 0.25) is 0 Å². The fourth-order valence-electron chi connectivity index (χ4n) is 3.05. The molecule has 0 aromatic heterocycles. The van der Waals surface area contributed by atoms with Gasteiger partial charge >= 0.3 is 0 Å². The molecule has 0 saturated heterocycles. The summed E-state index contributed by atoms with van der Waals surface area (Å²) >= 11 is 0. The van der Waals surface area contributed by atoms with Gasteiger partial charge in [0.15, 0.2) is 0 Å². The second kappa shape index (κ2) is 8.09. The van der Waals surface area contributed by atoms with Gasteiger partial charge in [-0.2, -0.15) is 0 Å². The summed E-state index contributed by atoms with van der Waals surface area (Å²) in [5.41, 5.74) is 2.35. The van der Waals surface area contributed by atoms with E-state index in [0.717, 1.165) is 11.1 Å². The first-order valence-electron chi connectivity index (χ1n) is 8.88. The van der Waals surface area contributed by atoms with Crippen LogP contribution >= 0.6 is 0 Å². The van der Waals surface area contributed by atoms with E-state index in [0.29, 0.717) is 11.1 Å². The standard InChI is InChI=1S/C23H26N2O2/c1-7-13-24(21(26)19-11-9-8-10-12-19)25(23(4,5)6)22(27)20-15-17(2)14-18(3)16-20/h1,8-12,14-16H,13H2,2-6H3. The molecule has 0 saturated carbocycles. The highest BCUT2D eigenvalue weighted by atomic mass is 16.2. The molecule has 0 aliphatic carbocycles. The lowest BCUT2D eigenvalue weighted by molar-refractivity contribution is -0.0371. The summed E-state index contributed by atoms with van der Waals surface area (Å²) in [5, 5.41) is 2.83. The third-order valence-corrected chi connectivity index (χ3v) is 4.03. The predicted octanol–water partition coefficient (Wildman–Crippen LogP) is 4.23. The maximum atomic E-state index is 13.4. The van der Waals surface area contributed by atoms with Crippen molar-refractivity contribution in [1.82, 2.24) is 10.0 Å². The highest BCUT2D eigenvalue weighted by Crippen LogP contribution is 2.23. The molecule has 0 N–H and O–H groups in total. The molecule has 2 aromatic carbocycles. The molecule has 2 amide bonds. The molecule has 0 atom stereocenters. The summed E-state index contributed by atoms with van der Waals surface area (Å²) in [5.74, 6) is 1.95. The van der Waals surface area contributed by atoms with E-state index in [2.05, 4.69) is 5.92 Å². The van der Waals surface area contributed by atoms with Crippen LogP contribution in [0.15, 0.2) is 48.5 Å². The van der Waals surface area contributed by atoms with Gasteiger partial charge in [-0.05, 0) is 58.9 Å². The van der Waals surface area contributed by atoms with Crippen molar-refractivity contribution in [3.05, 3.63) is 70.8 Å². The summed E-state index contributed by atoms with van der Waals surface area (Å²) in [7, 11) is 0. The topological polar surface area (TPSA) is 40.6 Å². The fraction of sp³-hybridized carbons (Fsp3) is 0.304. The molecule has 0 aliphatic rings. The zero-order valence-corrected chi connectivity index (χ0v) is 16.6. The molecule has 0 aliphatic heterocycles. The first kappa shape index (κ1) is 20.3. The molecular formula is C23H26N2O2. The van der Waals surface area contributed by atoms with E-state index < -0.39 is 5.54 Å². The Labute approximate surface area is 161 Å². The smallest absolute Gasteiger partial charge is 0.267 e. The van der Waals surface area contributed by atoms with Crippen LogP contribution in [0.3, 0.4) is 0 Å². The molecule has 2 rings (SSSR count). The minimum atomic E-state index is -0.643. The van der Waals surface area contributed by atoms with Crippen molar-refractivity contribution in [2.45, 2.75) is 40.2 Å². The molecular weight excluding hydrogens is 336 g/mol. The number of benzene rings is 2. The van der Waals surface area contributed by atoms with Crippen LogP contribution in [0, 0.1) is 26.2 Å². The van der Waals surface area contributed by atoms with Gasteiger partial charge in [0, 0.05) is 11.1 Å². The second-order valence-electron chi connectivity index (χ2n) is 7.60. The van der Waals surface area contributed by atoms with Crippen LogP contribution in [-0.4, -0.2) is 33.9 Å². The van der Waals surface area contributed by atoms with Crippen LogP contribution in [0.5, 0.6) is 0 Å². The maximum Gasteiger partial charge on any atom is 0.273 e. The van der Waals surface area contributed by atoms with E-state index in [-0.39, 0.29) is 18.4 Å². The summed E-state index contributed by atoms with van der Waals surface area (Å²) < 4.78 is 0. The summed E-state index contributed by atoms with van der Waals surface area (Å²) in [4.78, 5) is 26.5. The van der Waals surface area contributed by atoms with Gasteiger partial charge in [-0.3, -0.25) is 9.59 Å². The van der Waals surface area contributed by atoms with Crippen LogP contribution in [-0.2, 0) is 0 Å². The number of carbonyl (C=O) groups is 2. The number of terminal acetylenes is 1. The van der Waals surface area contributed by atoms with Crippen molar-refractivity contribution in [3.63, 3.8) is 0 Å². The zero-order valence-electron chi connectivity index (χ0n) is 16.6. The van der Waals surface area contributed by atoms with Crippen molar-refractivity contribution in [1.29, 1.82) is 0 Å². The van der Waals surface area contributed by atoms with E-state index in [1.807, 2.05) is 58.9 Å². The second-order valence-corrected chi connectivity index (χ2v) is 7.60. The Hall–Kier alpha value is -3.06. The Bertz CT molecular complexity index is 853. The van der Waals surface area contributed by atoms with Gasteiger partial charge in [0.1, 0.15) is 6.54 Å². The maximum absolute atomic E-state index is 13.4. The molecule has 0 fully saturated rings. The highest BCUT2D eigenvalue weighted by Gasteiger charge is 2.35. The van der Waals surface area contributed by atoms with Gasteiger partial charge in [-0.25, -0.2) is 10.0 Å². The van der Waals surface area contributed by atoms with Crippen LogP contribution in [0.2, 0.25) is 0 Å². The Kier molecular flexibility index (Phi) is 6.07.